The van der Waals surface area contributed by atoms with E-state index in [9.17, 15) is 18.0 Å². The van der Waals surface area contributed by atoms with E-state index in [0.29, 0.717) is 31.2 Å². The zero-order valence-electron chi connectivity index (χ0n) is 16.0. The summed E-state index contributed by atoms with van der Waals surface area (Å²) in [5.41, 5.74) is -0.197. The van der Waals surface area contributed by atoms with E-state index in [1.165, 1.54) is 12.1 Å². The third-order valence-electron chi connectivity index (χ3n) is 5.60. The van der Waals surface area contributed by atoms with E-state index in [1.54, 1.807) is 13.1 Å². The molecule has 0 bridgehead atoms. The monoisotopic (exact) mass is 396 g/mol. The van der Waals surface area contributed by atoms with Crippen LogP contribution in [0.15, 0.2) is 29.3 Å². The lowest BCUT2D eigenvalue weighted by Crippen LogP contribution is -2.49. The zero-order chi connectivity index (χ0) is 20.2. The molecule has 8 heteroatoms. The smallest absolute Gasteiger partial charge is 0.356 e. The van der Waals surface area contributed by atoms with E-state index < -0.39 is 11.7 Å². The molecule has 2 aliphatic rings. The number of guanidine groups is 1. The van der Waals surface area contributed by atoms with Crippen molar-refractivity contribution in [2.45, 2.75) is 43.7 Å². The van der Waals surface area contributed by atoms with Gasteiger partial charge in [-0.3, -0.25) is 9.79 Å². The topological polar surface area (TPSA) is 65.5 Å². The fourth-order valence-corrected chi connectivity index (χ4v) is 3.53. The maximum atomic E-state index is 13.1. The summed E-state index contributed by atoms with van der Waals surface area (Å²) in [6, 6.07) is 5.64. The Hall–Kier alpha value is -2.25. The molecule has 0 radical (unpaired) electrons. The first-order valence-electron chi connectivity index (χ1n) is 9.74. The van der Waals surface area contributed by atoms with Crippen molar-refractivity contribution in [1.29, 1.82) is 0 Å². The molecule has 5 nitrogen and oxygen atoms in total. The molecule has 0 aliphatic heterocycles. The number of aliphatic imine (C=N–C) groups is 1. The Morgan fingerprint density at radius 1 is 1.18 bits per heavy atom. The van der Waals surface area contributed by atoms with Crippen LogP contribution in [-0.4, -0.2) is 38.5 Å². The lowest BCUT2D eigenvalue weighted by molar-refractivity contribution is -0.137. The summed E-state index contributed by atoms with van der Waals surface area (Å²) in [4.78, 5) is 15.8. The van der Waals surface area contributed by atoms with Crippen molar-refractivity contribution in [3.05, 3.63) is 35.4 Å². The summed E-state index contributed by atoms with van der Waals surface area (Å²) in [6.07, 6.45) is 0.291. The Morgan fingerprint density at radius 2 is 1.89 bits per heavy atom. The summed E-state index contributed by atoms with van der Waals surface area (Å²) in [5, 5.41) is 9.25. The van der Waals surface area contributed by atoms with Crippen LogP contribution < -0.4 is 16.0 Å². The van der Waals surface area contributed by atoms with Crippen molar-refractivity contribution in [2.24, 2.45) is 10.9 Å². The van der Waals surface area contributed by atoms with Gasteiger partial charge in [0.25, 0.3) is 0 Å². The average molecular weight is 396 g/mol. The van der Waals surface area contributed by atoms with Gasteiger partial charge in [0.05, 0.1) is 5.56 Å². The predicted molar refractivity (Wildman–Crippen MR) is 102 cm³/mol. The molecule has 2 fully saturated rings. The molecular weight excluding hydrogens is 369 g/mol. The highest BCUT2D eigenvalue weighted by atomic mass is 19.4. The lowest BCUT2D eigenvalue weighted by Gasteiger charge is -2.43. The Labute approximate surface area is 163 Å². The van der Waals surface area contributed by atoms with Crippen LogP contribution in [0.4, 0.5) is 13.2 Å². The minimum atomic E-state index is -4.34. The van der Waals surface area contributed by atoms with E-state index in [2.05, 4.69) is 20.9 Å². The number of halogens is 3. The van der Waals surface area contributed by atoms with Gasteiger partial charge in [0, 0.05) is 38.0 Å². The van der Waals surface area contributed by atoms with Crippen molar-refractivity contribution in [3.63, 3.8) is 0 Å². The molecule has 2 saturated carbocycles. The van der Waals surface area contributed by atoms with E-state index in [1.807, 2.05) is 0 Å². The molecule has 1 aromatic rings. The molecule has 0 saturated heterocycles. The lowest BCUT2D eigenvalue weighted by atomic mass is 9.64. The third kappa shape index (κ3) is 4.97. The largest absolute Gasteiger partial charge is 0.416 e. The Bertz CT molecular complexity index is 724. The van der Waals surface area contributed by atoms with Gasteiger partial charge < -0.3 is 16.0 Å². The second-order valence-corrected chi connectivity index (χ2v) is 7.63. The molecule has 3 rings (SSSR count). The molecule has 0 atom stereocenters. The van der Waals surface area contributed by atoms with Crippen LogP contribution in [0.2, 0.25) is 0 Å². The minimum Gasteiger partial charge on any atom is -0.356 e. The van der Waals surface area contributed by atoms with Gasteiger partial charge in [-0.05, 0) is 37.3 Å². The number of nitrogens with zero attached hydrogens (tertiary/aromatic N) is 1. The number of alkyl halides is 3. The van der Waals surface area contributed by atoms with Crippen molar-refractivity contribution in [2.75, 3.05) is 26.7 Å². The van der Waals surface area contributed by atoms with Gasteiger partial charge in [-0.2, -0.15) is 13.2 Å². The highest BCUT2D eigenvalue weighted by Gasteiger charge is 2.40. The highest BCUT2D eigenvalue weighted by molar-refractivity contribution is 5.81. The van der Waals surface area contributed by atoms with E-state index in [-0.39, 0.29) is 17.2 Å². The van der Waals surface area contributed by atoms with Crippen LogP contribution in [0.5, 0.6) is 0 Å². The van der Waals surface area contributed by atoms with Gasteiger partial charge in [-0.1, -0.05) is 24.6 Å². The first-order chi connectivity index (χ1) is 13.3. The Morgan fingerprint density at radius 3 is 2.46 bits per heavy atom. The quantitative estimate of drug-likeness (QED) is 0.377. The molecule has 0 unspecified atom stereocenters. The number of hydrogen-bond acceptors (Lipinski definition) is 2. The highest BCUT2D eigenvalue weighted by Crippen LogP contribution is 2.44. The van der Waals surface area contributed by atoms with Crippen molar-refractivity contribution in [1.82, 2.24) is 16.0 Å². The first-order valence-corrected chi connectivity index (χ1v) is 9.74. The summed E-state index contributed by atoms with van der Waals surface area (Å²) < 4.78 is 39.2. The minimum absolute atomic E-state index is 0.0997. The van der Waals surface area contributed by atoms with Crippen LogP contribution in [0.3, 0.4) is 0 Å². The molecule has 0 spiro atoms. The van der Waals surface area contributed by atoms with Gasteiger partial charge in [-0.25, -0.2) is 0 Å². The standard InChI is InChI=1S/C20H27F3N4O/c1-24-18(26-11-10-25-17(28)14-6-7-14)27-13-19(8-3-9-19)15-4-2-5-16(12-15)20(21,22)23/h2,4-5,12,14H,3,6-11,13H2,1H3,(H,25,28)(H2,24,26,27). The molecule has 3 N–H and O–H groups in total. The number of nitrogens with one attached hydrogen (secondary N) is 3. The summed E-state index contributed by atoms with van der Waals surface area (Å²) in [6.45, 7) is 1.56. The van der Waals surface area contributed by atoms with Gasteiger partial charge in [0.1, 0.15) is 0 Å². The van der Waals surface area contributed by atoms with Crippen molar-refractivity contribution < 1.29 is 18.0 Å². The predicted octanol–water partition coefficient (Wildman–Crippen LogP) is 2.82. The molecule has 1 amide bonds. The third-order valence-corrected chi connectivity index (χ3v) is 5.60. The van der Waals surface area contributed by atoms with E-state index in [4.69, 9.17) is 0 Å². The SMILES string of the molecule is CN=C(NCCNC(=O)C1CC1)NCC1(c2cccc(C(F)(F)F)c2)CCC1. The number of rotatable bonds is 7. The van der Waals surface area contributed by atoms with Gasteiger partial charge in [-0.15, -0.1) is 0 Å². The molecule has 154 valence electrons. The molecule has 0 aromatic heterocycles. The number of carbonyl (C=O) groups is 1. The Kier molecular flexibility index (Phi) is 6.15. The van der Waals surface area contributed by atoms with Crippen molar-refractivity contribution >= 4 is 11.9 Å². The number of amides is 1. The summed E-state index contributed by atoms with van der Waals surface area (Å²) >= 11 is 0. The Balaban J connectivity index is 1.52. The zero-order valence-corrected chi connectivity index (χ0v) is 16.0. The van der Waals surface area contributed by atoms with Crippen LogP contribution in [0, 0.1) is 5.92 Å². The second-order valence-electron chi connectivity index (χ2n) is 7.63. The molecule has 1 aromatic carbocycles. The molecular formula is C20H27F3N4O. The average Bonchev–Trinajstić information content (AvgIpc) is 3.47. The fourth-order valence-electron chi connectivity index (χ4n) is 3.53. The molecule has 0 heterocycles. The first kappa shape index (κ1) is 20.5. The molecule has 2 aliphatic carbocycles. The van der Waals surface area contributed by atoms with Gasteiger partial charge >= 0.3 is 6.18 Å². The maximum absolute atomic E-state index is 13.1. The number of benzene rings is 1. The van der Waals surface area contributed by atoms with E-state index >= 15 is 0 Å². The second kappa shape index (κ2) is 8.41. The molecule has 28 heavy (non-hydrogen) atoms. The van der Waals surface area contributed by atoms with Crippen LogP contribution in [0.25, 0.3) is 0 Å². The van der Waals surface area contributed by atoms with Gasteiger partial charge in [0.2, 0.25) is 5.91 Å². The van der Waals surface area contributed by atoms with Crippen LogP contribution >= 0.6 is 0 Å². The van der Waals surface area contributed by atoms with Crippen molar-refractivity contribution in [3.8, 4) is 0 Å². The normalized spacial score (nSPS) is 18.9. The number of carbonyl (C=O) groups excluding carboxylic acids is 1. The summed E-state index contributed by atoms with van der Waals surface area (Å²) in [5.74, 6) is 0.866. The van der Waals surface area contributed by atoms with Crippen LogP contribution in [0.1, 0.15) is 43.2 Å². The van der Waals surface area contributed by atoms with Gasteiger partial charge in [0.15, 0.2) is 5.96 Å². The number of hydrogen-bond donors (Lipinski definition) is 3. The maximum Gasteiger partial charge on any atom is 0.416 e. The fraction of sp³-hybridized carbons (Fsp3) is 0.600. The summed E-state index contributed by atoms with van der Waals surface area (Å²) in [7, 11) is 1.65. The van der Waals surface area contributed by atoms with Crippen LogP contribution in [-0.2, 0) is 16.4 Å². The van der Waals surface area contributed by atoms with E-state index in [0.717, 1.165) is 38.2 Å².